The highest BCUT2D eigenvalue weighted by Crippen LogP contribution is 2.23. The van der Waals surface area contributed by atoms with Crippen LogP contribution in [0.3, 0.4) is 0 Å². The summed E-state index contributed by atoms with van der Waals surface area (Å²) in [5.74, 6) is 0. The van der Waals surface area contributed by atoms with Gasteiger partial charge in [0.15, 0.2) is 11.4 Å². The van der Waals surface area contributed by atoms with Crippen molar-refractivity contribution in [2.45, 2.75) is 24.0 Å². The van der Waals surface area contributed by atoms with Crippen LogP contribution in [0.25, 0.3) is 0 Å². The lowest BCUT2D eigenvalue weighted by atomic mass is 10.3. The van der Waals surface area contributed by atoms with Crippen LogP contribution < -0.4 is 0 Å². The second-order valence-electron chi connectivity index (χ2n) is 3.64. The van der Waals surface area contributed by atoms with Gasteiger partial charge in [-0.15, -0.1) is 0 Å². The molecule has 2 rings (SSSR count). The van der Waals surface area contributed by atoms with Crippen LogP contribution in [-0.2, 0) is 0 Å². The molecule has 0 fully saturated rings. The Labute approximate surface area is 104 Å². The van der Waals surface area contributed by atoms with Crippen molar-refractivity contribution in [2.75, 3.05) is 0 Å². The van der Waals surface area contributed by atoms with Crippen molar-refractivity contribution in [3.63, 3.8) is 0 Å². The van der Waals surface area contributed by atoms with Gasteiger partial charge in [0.2, 0.25) is 0 Å². The first kappa shape index (κ1) is 11.7. The topological polar surface area (TPSA) is 55.7 Å². The fourth-order valence-corrected chi connectivity index (χ4v) is 2.22. The van der Waals surface area contributed by atoms with E-state index in [9.17, 15) is 4.79 Å². The predicted octanol–water partition coefficient (Wildman–Crippen LogP) is 2.45. The fourth-order valence-electron chi connectivity index (χ4n) is 1.39. The summed E-state index contributed by atoms with van der Waals surface area (Å²) < 4.78 is 0. The number of aryl methyl sites for hydroxylation is 2. The van der Waals surface area contributed by atoms with Gasteiger partial charge in [-0.25, -0.2) is 15.0 Å². The molecule has 2 aromatic rings. The molecule has 17 heavy (non-hydrogen) atoms. The maximum atomic E-state index is 10.5. The molecule has 0 aliphatic carbocycles. The smallest absolute Gasteiger partial charge is 0.193 e. The summed E-state index contributed by atoms with van der Waals surface area (Å²) in [5, 5.41) is 1.45. The third kappa shape index (κ3) is 3.10. The first-order valence-corrected chi connectivity index (χ1v) is 5.89. The summed E-state index contributed by atoms with van der Waals surface area (Å²) in [5.41, 5.74) is 2.60. The van der Waals surface area contributed by atoms with Crippen molar-refractivity contribution in [1.82, 2.24) is 15.0 Å². The van der Waals surface area contributed by atoms with Crippen molar-refractivity contribution in [3.8, 4) is 0 Å². The van der Waals surface area contributed by atoms with E-state index in [1.165, 1.54) is 24.2 Å². The Morgan fingerprint density at radius 3 is 2.47 bits per heavy atom. The minimum atomic E-state index is 0.475. The molecule has 0 aliphatic rings. The van der Waals surface area contributed by atoms with Gasteiger partial charge in [-0.1, -0.05) is 0 Å². The van der Waals surface area contributed by atoms with Crippen molar-refractivity contribution < 1.29 is 4.79 Å². The van der Waals surface area contributed by atoms with Crippen molar-refractivity contribution in [1.29, 1.82) is 0 Å². The molecule has 86 valence electrons. The summed E-state index contributed by atoms with van der Waals surface area (Å²) in [6.45, 7) is 3.97. The minimum Gasteiger partial charge on any atom is -0.298 e. The average Bonchev–Trinajstić information content (AvgIpc) is 2.28. The highest BCUT2D eigenvalue weighted by atomic mass is 32.2. The van der Waals surface area contributed by atoms with E-state index in [-0.39, 0.29) is 0 Å². The van der Waals surface area contributed by atoms with Crippen molar-refractivity contribution in [3.05, 3.63) is 41.3 Å². The third-order valence-corrected chi connectivity index (χ3v) is 2.87. The van der Waals surface area contributed by atoms with Gasteiger partial charge in [-0.3, -0.25) is 4.79 Å². The van der Waals surface area contributed by atoms with Gasteiger partial charge in [0.1, 0.15) is 5.03 Å². The lowest BCUT2D eigenvalue weighted by Crippen LogP contribution is -1.91. The molecular formula is C12H11N3OS. The number of carbonyl (C=O) groups excluding carboxylic acids is 1. The lowest BCUT2D eigenvalue weighted by Gasteiger charge is -2.02. The van der Waals surface area contributed by atoms with E-state index in [1.54, 1.807) is 0 Å². The molecule has 0 bridgehead atoms. The zero-order valence-corrected chi connectivity index (χ0v) is 10.4. The average molecular weight is 245 g/mol. The molecule has 0 N–H and O–H groups in total. The summed E-state index contributed by atoms with van der Waals surface area (Å²) in [6.07, 6.45) is 3.74. The maximum Gasteiger partial charge on any atom is 0.193 e. The molecule has 0 saturated heterocycles. The zero-order valence-electron chi connectivity index (χ0n) is 9.54. The quantitative estimate of drug-likeness (QED) is 0.614. The number of pyridine rings is 1. The van der Waals surface area contributed by atoms with Crippen LogP contribution in [-0.4, -0.2) is 21.2 Å². The van der Waals surface area contributed by atoms with Gasteiger partial charge in [0.25, 0.3) is 0 Å². The Balaban J connectivity index is 2.21. The van der Waals surface area contributed by atoms with Crippen molar-refractivity contribution in [2.24, 2.45) is 0 Å². The van der Waals surface area contributed by atoms with Crippen LogP contribution in [0, 0.1) is 13.8 Å². The number of nitrogens with zero attached hydrogens (tertiary/aromatic N) is 3. The molecule has 2 aromatic heterocycles. The molecule has 0 atom stereocenters. The molecule has 0 spiro atoms. The van der Waals surface area contributed by atoms with Gasteiger partial charge < -0.3 is 0 Å². The van der Waals surface area contributed by atoms with E-state index in [0.717, 1.165) is 22.6 Å². The van der Waals surface area contributed by atoms with E-state index in [1.807, 2.05) is 26.0 Å². The molecule has 0 unspecified atom stereocenters. The second kappa shape index (κ2) is 5.05. The van der Waals surface area contributed by atoms with Crippen LogP contribution in [0.2, 0.25) is 0 Å². The SMILES string of the molecule is Cc1cc(C)nc(Sc2ncc(C=O)cn2)c1. The Kier molecular flexibility index (Phi) is 3.49. The Morgan fingerprint density at radius 1 is 1.18 bits per heavy atom. The van der Waals surface area contributed by atoms with Crippen LogP contribution in [0.4, 0.5) is 0 Å². The number of rotatable bonds is 3. The zero-order chi connectivity index (χ0) is 12.3. The van der Waals surface area contributed by atoms with E-state index >= 15 is 0 Å². The minimum absolute atomic E-state index is 0.475. The molecule has 5 heteroatoms. The number of aromatic nitrogens is 3. The van der Waals surface area contributed by atoms with E-state index in [4.69, 9.17) is 0 Å². The monoisotopic (exact) mass is 245 g/mol. The van der Waals surface area contributed by atoms with Gasteiger partial charge in [-0.2, -0.15) is 0 Å². The normalized spacial score (nSPS) is 10.2. The second-order valence-corrected chi connectivity index (χ2v) is 4.63. The Bertz CT molecular complexity index is 520. The van der Waals surface area contributed by atoms with Crippen LogP contribution in [0.5, 0.6) is 0 Å². The lowest BCUT2D eigenvalue weighted by molar-refractivity contribution is 0.112. The number of carbonyl (C=O) groups is 1. The highest BCUT2D eigenvalue weighted by Gasteiger charge is 2.03. The van der Waals surface area contributed by atoms with E-state index in [0.29, 0.717) is 10.7 Å². The Hall–Kier alpha value is -1.75. The number of hydrogen-bond donors (Lipinski definition) is 0. The first-order valence-electron chi connectivity index (χ1n) is 5.08. The van der Waals surface area contributed by atoms with Gasteiger partial charge >= 0.3 is 0 Å². The van der Waals surface area contributed by atoms with Gasteiger partial charge in [0, 0.05) is 18.1 Å². The first-order chi connectivity index (χ1) is 8.17. The number of hydrogen-bond acceptors (Lipinski definition) is 5. The predicted molar refractivity (Wildman–Crippen MR) is 65.3 cm³/mol. The van der Waals surface area contributed by atoms with E-state index in [2.05, 4.69) is 15.0 Å². The van der Waals surface area contributed by atoms with Gasteiger partial charge in [-0.05, 0) is 43.3 Å². The Morgan fingerprint density at radius 2 is 1.88 bits per heavy atom. The molecule has 2 heterocycles. The van der Waals surface area contributed by atoms with Crippen LogP contribution in [0.1, 0.15) is 21.6 Å². The summed E-state index contributed by atoms with van der Waals surface area (Å²) in [7, 11) is 0. The number of aldehydes is 1. The van der Waals surface area contributed by atoms with Gasteiger partial charge in [0.05, 0.1) is 5.56 Å². The molecule has 4 nitrogen and oxygen atoms in total. The van der Waals surface area contributed by atoms with E-state index < -0.39 is 0 Å². The van der Waals surface area contributed by atoms with Crippen molar-refractivity contribution >= 4 is 18.0 Å². The largest absolute Gasteiger partial charge is 0.298 e. The molecular weight excluding hydrogens is 234 g/mol. The summed E-state index contributed by atoms with van der Waals surface area (Å²) >= 11 is 1.39. The molecule has 0 radical (unpaired) electrons. The summed E-state index contributed by atoms with van der Waals surface area (Å²) in [6, 6.07) is 4.00. The van der Waals surface area contributed by atoms with Crippen LogP contribution >= 0.6 is 11.8 Å². The fraction of sp³-hybridized carbons (Fsp3) is 0.167. The highest BCUT2D eigenvalue weighted by molar-refractivity contribution is 7.99. The third-order valence-electron chi connectivity index (χ3n) is 2.05. The molecule has 0 aromatic carbocycles. The molecule has 0 saturated carbocycles. The molecule has 0 amide bonds. The maximum absolute atomic E-state index is 10.5. The van der Waals surface area contributed by atoms with Crippen LogP contribution in [0.15, 0.2) is 34.7 Å². The molecule has 0 aliphatic heterocycles. The standard InChI is InChI=1S/C12H11N3OS/c1-8-3-9(2)15-11(4-8)17-12-13-5-10(7-16)6-14-12/h3-7H,1-2H3. The summed E-state index contributed by atoms with van der Waals surface area (Å²) in [4.78, 5) is 23.0.